The first-order valence-electron chi connectivity index (χ1n) is 8.88. The molecule has 0 spiro atoms. The van der Waals surface area contributed by atoms with Gasteiger partial charge < -0.3 is 14.1 Å². The topological polar surface area (TPSA) is 42.7 Å². The van der Waals surface area contributed by atoms with Crippen LogP contribution in [0.4, 0.5) is 0 Å². The summed E-state index contributed by atoms with van der Waals surface area (Å²) in [6.45, 7) is 2.41. The fraction of sp³-hybridized carbons (Fsp3) is 0.227. The van der Waals surface area contributed by atoms with Crippen LogP contribution in [0.15, 0.2) is 71.1 Å². The number of carbonyl (C=O) groups excluding carboxylic acids is 1. The second-order valence-electron chi connectivity index (χ2n) is 6.62. The highest BCUT2D eigenvalue weighted by Gasteiger charge is 2.33. The van der Waals surface area contributed by atoms with Gasteiger partial charge in [-0.3, -0.25) is 4.79 Å². The van der Waals surface area contributed by atoms with E-state index >= 15 is 0 Å². The quantitative estimate of drug-likeness (QED) is 0.616. The van der Waals surface area contributed by atoms with Crippen LogP contribution in [-0.2, 0) is 6.54 Å². The van der Waals surface area contributed by atoms with E-state index in [0.717, 1.165) is 30.1 Å². The Morgan fingerprint density at radius 3 is 2.50 bits per heavy atom. The molecule has 1 heterocycles. The highest BCUT2D eigenvalue weighted by atomic mass is 16.5. The number of benzene rings is 2. The van der Waals surface area contributed by atoms with Crippen LogP contribution in [0, 0.1) is 6.92 Å². The molecule has 1 amide bonds. The number of carbonyl (C=O) groups is 1. The summed E-state index contributed by atoms with van der Waals surface area (Å²) >= 11 is 0. The molecule has 0 saturated heterocycles. The van der Waals surface area contributed by atoms with Crippen LogP contribution in [0.5, 0.6) is 11.5 Å². The van der Waals surface area contributed by atoms with E-state index in [9.17, 15) is 4.79 Å². The van der Waals surface area contributed by atoms with Gasteiger partial charge in [-0.15, -0.1) is 0 Å². The Kier molecular flexibility index (Phi) is 4.48. The van der Waals surface area contributed by atoms with Gasteiger partial charge in [0.25, 0.3) is 5.91 Å². The van der Waals surface area contributed by atoms with Gasteiger partial charge in [0.2, 0.25) is 0 Å². The van der Waals surface area contributed by atoms with Gasteiger partial charge in [0.1, 0.15) is 23.0 Å². The molecule has 4 heteroatoms. The van der Waals surface area contributed by atoms with Crippen LogP contribution >= 0.6 is 0 Å². The fourth-order valence-electron chi connectivity index (χ4n) is 2.97. The number of amides is 1. The minimum absolute atomic E-state index is 0.0139. The number of para-hydroxylation sites is 1. The van der Waals surface area contributed by atoms with E-state index in [2.05, 4.69) is 0 Å². The molecule has 0 bridgehead atoms. The van der Waals surface area contributed by atoms with Gasteiger partial charge >= 0.3 is 0 Å². The molecule has 0 unspecified atom stereocenters. The van der Waals surface area contributed by atoms with Crippen molar-refractivity contribution < 1.29 is 13.9 Å². The van der Waals surface area contributed by atoms with Gasteiger partial charge in [-0.25, -0.2) is 0 Å². The van der Waals surface area contributed by atoms with Crippen molar-refractivity contribution in [1.82, 2.24) is 4.90 Å². The molecule has 1 aliphatic carbocycles. The van der Waals surface area contributed by atoms with Crippen LogP contribution in [0.3, 0.4) is 0 Å². The molecule has 1 saturated carbocycles. The maximum absolute atomic E-state index is 13.1. The minimum atomic E-state index is 0.0139. The second kappa shape index (κ2) is 7.08. The Morgan fingerprint density at radius 1 is 1.04 bits per heavy atom. The van der Waals surface area contributed by atoms with Gasteiger partial charge in [-0.05, 0) is 62.2 Å². The van der Waals surface area contributed by atoms with Crippen molar-refractivity contribution in [3.05, 3.63) is 83.8 Å². The number of ether oxygens (including phenoxy) is 1. The van der Waals surface area contributed by atoms with Crippen LogP contribution < -0.4 is 4.74 Å². The average molecular weight is 347 g/mol. The molecule has 2 aromatic carbocycles. The summed E-state index contributed by atoms with van der Waals surface area (Å²) in [5.74, 6) is 3.11. The van der Waals surface area contributed by atoms with Crippen LogP contribution in [0.1, 0.15) is 34.7 Å². The lowest BCUT2D eigenvalue weighted by molar-refractivity contribution is 0.0716. The van der Waals surface area contributed by atoms with E-state index < -0.39 is 0 Å². The highest BCUT2D eigenvalue weighted by Crippen LogP contribution is 2.31. The molecule has 1 aromatic heterocycles. The molecule has 132 valence electrons. The summed E-state index contributed by atoms with van der Waals surface area (Å²) in [6, 6.07) is 21.1. The van der Waals surface area contributed by atoms with E-state index in [1.165, 1.54) is 0 Å². The molecule has 1 aliphatic rings. The number of rotatable bonds is 6. The van der Waals surface area contributed by atoms with Gasteiger partial charge in [0.05, 0.1) is 6.54 Å². The van der Waals surface area contributed by atoms with Crippen LogP contribution in [0.2, 0.25) is 0 Å². The average Bonchev–Trinajstić information content (AvgIpc) is 3.42. The zero-order valence-electron chi connectivity index (χ0n) is 14.7. The van der Waals surface area contributed by atoms with Gasteiger partial charge in [-0.1, -0.05) is 24.3 Å². The first-order chi connectivity index (χ1) is 12.7. The van der Waals surface area contributed by atoms with Crippen molar-refractivity contribution in [1.29, 1.82) is 0 Å². The third-order valence-electron chi connectivity index (χ3n) is 4.43. The third-order valence-corrected chi connectivity index (χ3v) is 4.43. The van der Waals surface area contributed by atoms with E-state index in [1.54, 1.807) is 6.07 Å². The summed E-state index contributed by atoms with van der Waals surface area (Å²) in [5.41, 5.74) is 0.633. The van der Waals surface area contributed by atoms with Crippen molar-refractivity contribution in [3.63, 3.8) is 0 Å². The van der Waals surface area contributed by atoms with E-state index in [1.807, 2.05) is 72.5 Å². The normalized spacial score (nSPS) is 13.4. The van der Waals surface area contributed by atoms with E-state index in [0.29, 0.717) is 23.9 Å². The molecule has 0 aliphatic heterocycles. The molecule has 3 aromatic rings. The number of hydrogen-bond acceptors (Lipinski definition) is 3. The fourth-order valence-corrected chi connectivity index (χ4v) is 2.97. The van der Waals surface area contributed by atoms with Crippen molar-refractivity contribution in [2.24, 2.45) is 0 Å². The summed E-state index contributed by atoms with van der Waals surface area (Å²) < 4.78 is 11.5. The summed E-state index contributed by atoms with van der Waals surface area (Å²) in [6.07, 6.45) is 2.09. The lowest BCUT2D eigenvalue weighted by Crippen LogP contribution is -2.32. The predicted molar refractivity (Wildman–Crippen MR) is 99.3 cm³/mol. The molecule has 4 rings (SSSR count). The first-order valence-corrected chi connectivity index (χ1v) is 8.88. The Bertz CT molecular complexity index is 897. The standard InChI is InChI=1S/C22H21NO3/c1-16-10-13-21(25-16)15-23(18-11-12-18)22(24)17-6-5-9-20(14-17)26-19-7-3-2-4-8-19/h2-10,13-14,18H,11-12,15H2,1H3. The largest absolute Gasteiger partial charge is 0.464 e. The van der Waals surface area contributed by atoms with Crippen molar-refractivity contribution in [2.45, 2.75) is 32.4 Å². The van der Waals surface area contributed by atoms with Crippen molar-refractivity contribution in [3.8, 4) is 11.5 Å². The zero-order chi connectivity index (χ0) is 17.9. The van der Waals surface area contributed by atoms with Gasteiger partial charge in [0.15, 0.2) is 0 Å². The molecule has 26 heavy (non-hydrogen) atoms. The van der Waals surface area contributed by atoms with Gasteiger partial charge in [0, 0.05) is 11.6 Å². The lowest BCUT2D eigenvalue weighted by atomic mass is 10.1. The summed E-state index contributed by atoms with van der Waals surface area (Å²) in [5, 5.41) is 0. The second-order valence-corrected chi connectivity index (χ2v) is 6.62. The predicted octanol–water partition coefficient (Wildman–Crippen LogP) is 5.19. The lowest BCUT2D eigenvalue weighted by Gasteiger charge is -2.21. The number of nitrogens with zero attached hydrogens (tertiary/aromatic N) is 1. The molecule has 0 radical (unpaired) electrons. The van der Waals surface area contributed by atoms with E-state index in [4.69, 9.17) is 9.15 Å². The molecule has 1 fully saturated rings. The molecular formula is C22H21NO3. The Morgan fingerprint density at radius 2 is 1.81 bits per heavy atom. The smallest absolute Gasteiger partial charge is 0.254 e. The van der Waals surface area contributed by atoms with Crippen molar-refractivity contribution in [2.75, 3.05) is 0 Å². The maximum Gasteiger partial charge on any atom is 0.254 e. The first kappa shape index (κ1) is 16.5. The molecule has 4 nitrogen and oxygen atoms in total. The molecule has 0 atom stereocenters. The minimum Gasteiger partial charge on any atom is -0.464 e. The summed E-state index contributed by atoms with van der Waals surface area (Å²) in [7, 11) is 0. The monoisotopic (exact) mass is 347 g/mol. The van der Waals surface area contributed by atoms with Crippen molar-refractivity contribution >= 4 is 5.91 Å². The molecular weight excluding hydrogens is 326 g/mol. The Labute approximate surface area is 153 Å². The summed E-state index contributed by atoms with van der Waals surface area (Å²) in [4.78, 5) is 15.0. The number of furan rings is 1. The third kappa shape index (κ3) is 3.80. The Hall–Kier alpha value is -3.01. The van der Waals surface area contributed by atoms with Crippen LogP contribution in [0.25, 0.3) is 0 Å². The maximum atomic E-state index is 13.1. The SMILES string of the molecule is Cc1ccc(CN(C(=O)c2cccc(Oc3ccccc3)c2)C2CC2)o1. The number of aryl methyl sites for hydroxylation is 1. The van der Waals surface area contributed by atoms with Gasteiger partial charge in [-0.2, -0.15) is 0 Å². The number of hydrogen-bond donors (Lipinski definition) is 0. The zero-order valence-corrected chi connectivity index (χ0v) is 14.7. The van der Waals surface area contributed by atoms with E-state index in [-0.39, 0.29) is 5.91 Å². The highest BCUT2D eigenvalue weighted by molar-refractivity contribution is 5.95. The Balaban J connectivity index is 1.53. The molecule has 0 N–H and O–H groups in total. The van der Waals surface area contributed by atoms with Crippen LogP contribution in [-0.4, -0.2) is 16.8 Å².